The van der Waals surface area contributed by atoms with Crippen LogP contribution in [0.5, 0.6) is 0 Å². The first-order chi connectivity index (χ1) is 18.2. The monoisotopic (exact) mass is 558 g/mol. The molecule has 2 aliphatic heterocycles. The second kappa shape index (κ2) is 9.79. The molecule has 0 unspecified atom stereocenters. The van der Waals surface area contributed by atoms with Crippen LogP contribution < -0.4 is 15.6 Å². The molecule has 0 spiro atoms. The van der Waals surface area contributed by atoms with E-state index in [0.29, 0.717) is 16.8 Å². The highest BCUT2D eigenvalue weighted by atomic mass is 32.2. The van der Waals surface area contributed by atoms with Crippen LogP contribution in [0.15, 0.2) is 52.5 Å². The number of hydrogen-bond donors (Lipinski definition) is 4. The van der Waals surface area contributed by atoms with Crippen molar-refractivity contribution in [2.24, 2.45) is 5.16 Å². The lowest BCUT2D eigenvalue weighted by atomic mass is 10.0. The average Bonchev–Trinajstić information content (AvgIpc) is 3.51. The number of hydrogen-bond acceptors (Lipinski definition) is 10. The highest BCUT2D eigenvalue weighted by molar-refractivity contribution is 8.00. The molecule has 3 aromatic rings. The number of β-lactam (4-membered cyclic amide) rings is 1. The minimum absolute atomic E-state index is 0.102. The number of fused-ring (bicyclic) bond motifs is 2. The van der Waals surface area contributed by atoms with E-state index >= 15 is 0 Å². The Morgan fingerprint density at radius 3 is 2.76 bits per heavy atom. The fraction of sp³-hybridized carbons (Fsp3) is 0.227. The Morgan fingerprint density at radius 1 is 1.32 bits per heavy atom. The van der Waals surface area contributed by atoms with Crippen molar-refractivity contribution in [2.75, 3.05) is 18.6 Å². The summed E-state index contributed by atoms with van der Waals surface area (Å²) in [6.45, 7) is 0.169. The number of nitrogens with one attached hydrogen (secondary N) is 1. The van der Waals surface area contributed by atoms with Gasteiger partial charge in [-0.15, -0.1) is 23.1 Å². The number of thiazole rings is 1. The molecule has 1 saturated heterocycles. The third-order valence-corrected chi connectivity index (χ3v) is 7.96. The number of nitrogen functional groups attached to an aromatic ring is 1. The maximum absolute atomic E-state index is 13.0. The van der Waals surface area contributed by atoms with Gasteiger partial charge >= 0.3 is 11.9 Å². The van der Waals surface area contributed by atoms with Crippen molar-refractivity contribution in [3.63, 3.8) is 0 Å². The van der Waals surface area contributed by atoms with E-state index in [0.717, 1.165) is 11.3 Å². The van der Waals surface area contributed by atoms with Gasteiger partial charge in [0.2, 0.25) is 0 Å². The number of rotatable bonds is 8. The average molecular weight is 559 g/mol. The van der Waals surface area contributed by atoms with E-state index in [1.807, 2.05) is 0 Å². The summed E-state index contributed by atoms with van der Waals surface area (Å²) in [5.74, 6) is -3.32. The molecule has 0 bridgehead atoms. The van der Waals surface area contributed by atoms with Gasteiger partial charge in [0.1, 0.15) is 41.1 Å². The van der Waals surface area contributed by atoms with Crippen LogP contribution in [-0.4, -0.2) is 78.2 Å². The van der Waals surface area contributed by atoms with Crippen molar-refractivity contribution in [2.45, 2.75) is 18.0 Å². The number of aromatic carboxylic acids is 1. The summed E-state index contributed by atoms with van der Waals surface area (Å²) < 4.78 is 3.22. The fourth-order valence-electron chi connectivity index (χ4n) is 4.30. The molecule has 5 heterocycles. The van der Waals surface area contributed by atoms with Gasteiger partial charge in [-0.2, -0.15) is 4.57 Å². The SMILES string of the molecule is CO/N=C(\C(=O)N[C@@H]1C(=O)N2C(C(=O)O)=C(C[n+]3ccn4c(C(=O)O)ccc4c3)CS[C@@H]12)c1csc(N)n1. The molecule has 0 aliphatic carbocycles. The molecular weight excluding hydrogens is 538 g/mol. The normalized spacial score (nSPS) is 19.2. The van der Waals surface area contributed by atoms with E-state index in [4.69, 9.17) is 10.6 Å². The summed E-state index contributed by atoms with van der Waals surface area (Å²) in [6.07, 6.45) is 4.90. The number of carbonyl (C=O) groups excluding carboxylic acids is 2. The van der Waals surface area contributed by atoms with Crippen LogP contribution in [0.2, 0.25) is 0 Å². The van der Waals surface area contributed by atoms with E-state index in [1.54, 1.807) is 29.2 Å². The van der Waals surface area contributed by atoms with E-state index in [2.05, 4.69) is 15.5 Å². The molecule has 38 heavy (non-hydrogen) atoms. The molecule has 2 amide bonds. The quantitative estimate of drug-likeness (QED) is 0.124. The number of thioether (sulfide) groups is 1. The summed E-state index contributed by atoms with van der Waals surface area (Å²) in [5.41, 5.74) is 6.74. The van der Waals surface area contributed by atoms with Crippen molar-refractivity contribution in [1.82, 2.24) is 19.6 Å². The minimum Gasteiger partial charge on any atom is -0.477 e. The smallest absolute Gasteiger partial charge is 0.352 e. The zero-order valence-electron chi connectivity index (χ0n) is 19.6. The van der Waals surface area contributed by atoms with Gasteiger partial charge in [0.25, 0.3) is 11.8 Å². The molecule has 5 N–H and O–H groups in total. The highest BCUT2D eigenvalue weighted by Crippen LogP contribution is 2.40. The lowest BCUT2D eigenvalue weighted by Crippen LogP contribution is -2.71. The molecule has 0 aromatic carbocycles. The van der Waals surface area contributed by atoms with Crippen LogP contribution in [0.25, 0.3) is 5.52 Å². The number of carbonyl (C=O) groups is 4. The van der Waals surface area contributed by atoms with Crippen molar-refractivity contribution < 1.29 is 38.8 Å². The molecule has 0 saturated carbocycles. The second-order valence-corrected chi connectivity index (χ2v) is 10.2. The van der Waals surface area contributed by atoms with Gasteiger partial charge in [0.15, 0.2) is 29.8 Å². The third kappa shape index (κ3) is 4.32. The van der Waals surface area contributed by atoms with Crippen molar-refractivity contribution in [3.8, 4) is 0 Å². The number of anilines is 1. The molecule has 16 heteroatoms. The first-order valence-electron chi connectivity index (χ1n) is 11.0. The van der Waals surface area contributed by atoms with Gasteiger partial charge in [0, 0.05) is 16.7 Å². The number of oxime groups is 1. The molecule has 196 valence electrons. The Balaban J connectivity index is 1.36. The summed E-state index contributed by atoms with van der Waals surface area (Å²) in [4.78, 5) is 59.4. The Morgan fingerprint density at radius 2 is 2.11 bits per heavy atom. The van der Waals surface area contributed by atoms with Gasteiger partial charge in [-0.05, 0) is 12.1 Å². The molecule has 2 aliphatic rings. The maximum atomic E-state index is 13.0. The van der Waals surface area contributed by atoms with Crippen LogP contribution in [0.4, 0.5) is 5.13 Å². The molecular formula is C22H20N7O7S2+. The topological polar surface area (TPSA) is 193 Å². The van der Waals surface area contributed by atoms with Crippen molar-refractivity contribution in [1.29, 1.82) is 0 Å². The summed E-state index contributed by atoms with van der Waals surface area (Å²) in [6, 6.07) is 2.15. The number of carboxylic acid groups (broad SMARTS) is 2. The van der Waals surface area contributed by atoms with Crippen LogP contribution in [0.1, 0.15) is 16.2 Å². The summed E-state index contributed by atoms with van der Waals surface area (Å²) in [7, 11) is 1.26. The maximum Gasteiger partial charge on any atom is 0.352 e. The van der Waals surface area contributed by atoms with Crippen LogP contribution >= 0.6 is 23.1 Å². The zero-order chi connectivity index (χ0) is 27.1. The lowest BCUT2D eigenvalue weighted by molar-refractivity contribution is -0.688. The van der Waals surface area contributed by atoms with Gasteiger partial charge in [-0.3, -0.25) is 18.9 Å². The number of nitrogens with zero attached hydrogens (tertiary/aromatic N) is 5. The van der Waals surface area contributed by atoms with Crippen LogP contribution in [0, 0.1) is 0 Å². The molecule has 14 nitrogen and oxygen atoms in total. The highest BCUT2D eigenvalue weighted by Gasteiger charge is 2.54. The Kier molecular flexibility index (Phi) is 6.50. The van der Waals surface area contributed by atoms with Crippen molar-refractivity contribution >= 4 is 63.2 Å². The standard InChI is InChI=1S/C22H19N7O7S2/c1-36-26-14(12-9-38-22(23)24-12)17(30)25-15-18(31)29-16(21(34)35)10(8-37-19(15)29)6-27-4-5-28-11(7-27)2-3-13(28)20(32)33/h2-5,7,9,15,19H,6,8H2,1H3,(H4-,23,24,25,30,32,33,34,35)/p+1/b26-14-/t15-,19+/m1/s1. The number of aromatic nitrogens is 3. The first-order valence-corrected chi connectivity index (χ1v) is 12.9. The van der Waals surface area contributed by atoms with E-state index < -0.39 is 35.2 Å². The number of carboxylic acids is 2. The van der Waals surface area contributed by atoms with E-state index in [1.165, 1.54) is 39.6 Å². The third-order valence-electron chi connectivity index (χ3n) is 5.95. The van der Waals surface area contributed by atoms with Crippen molar-refractivity contribution in [3.05, 3.63) is 58.8 Å². The van der Waals surface area contributed by atoms with E-state index in [9.17, 15) is 29.4 Å². The van der Waals surface area contributed by atoms with Gasteiger partial charge in [-0.25, -0.2) is 14.6 Å². The lowest BCUT2D eigenvalue weighted by Gasteiger charge is -2.49. The minimum atomic E-state index is -1.26. The largest absolute Gasteiger partial charge is 0.477 e. The second-order valence-electron chi connectivity index (χ2n) is 8.23. The Hall–Kier alpha value is -4.44. The molecule has 5 rings (SSSR count). The van der Waals surface area contributed by atoms with Crippen LogP contribution in [-0.2, 0) is 25.8 Å². The Bertz CT molecular complexity index is 1560. The molecule has 2 atom stereocenters. The predicted octanol–water partition coefficient (Wildman–Crippen LogP) is -0.247. The Labute approximate surface area is 222 Å². The van der Waals surface area contributed by atoms with Gasteiger partial charge in [-0.1, -0.05) is 5.16 Å². The van der Waals surface area contributed by atoms with E-state index in [-0.39, 0.29) is 34.5 Å². The van der Waals surface area contributed by atoms with Gasteiger partial charge in [0.05, 0.1) is 6.20 Å². The number of amides is 2. The summed E-state index contributed by atoms with van der Waals surface area (Å²) >= 11 is 2.43. The molecule has 0 radical (unpaired) electrons. The zero-order valence-corrected chi connectivity index (χ0v) is 21.2. The first kappa shape index (κ1) is 25.2. The van der Waals surface area contributed by atoms with Crippen LogP contribution in [0.3, 0.4) is 0 Å². The van der Waals surface area contributed by atoms with Gasteiger partial charge < -0.3 is 26.1 Å². The number of nitrogens with two attached hydrogens (primary N) is 1. The number of aliphatic carboxylic acids is 1. The summed E-state index contributed by atoms with van der Waals surface area (Å²) in [5, 5.41) is 26.7. The molecule has 3 aromatic heterocycles. The molecule has 1 fully saturated rings. The predicted molar refractivity (Wildman–Crippen MR) is 134 cm³/mol. The fourth-order valence-corrected chi connectivity index (χ4v) is 6.18.